The number of halogens is 1. The van der Waals surface area contributed by atoms with Gasteiger partial charge in [-0.3, -0.25) is 14.6 Å². The lowest BCUT2D eigenvalue weighted by atomic mass is 10.1. The molecule has 0 aliphatic carbocycles. The predicted molar refractivity (Wildman–Crippen MR) is 124 cm³/mol. The monoisotopic (exact) mass is 454 g/mol. The van der Waals surface area contributed by atoms with Crippen molar-refractivity contribution in [3.05, 3.63) is 60.2 Å². The molecule has 0 unspecified atom stereocenters. The Morgan fingerprint density at radius 2 is 2.03 bits per heavy atom. The minimum Gasteiger partial charge on any atom is -0.368 e. The molecule has 0 saturated heterocycles. The number of nitrogens with two attached hydrogens (primary N) is 1. The Bertz CT molecular complexity index is 1130. The Labute approximate surface area is 188 Å². The van der Waals surface area contributed by atoms with Crippen molar-refractivity contribution in [3.8, 4) is 0 Å². The lowest BCUT2D eigenvalue weighted by Gasteiger charge is -2.20. The molecule has 166 valence electrons. The summed E-state index contributed by atoms with van der Waals surface area (Å²) in [5.74, 6) is 0.0617. The summed E-state index contributed by atoms with van der Waals surface area (Å²) in [5.41, 5.74) is 7.91. The number of nitrogens with one attached hydrogen (secondary N) is 2. The lowest BCUT2D eigenvalue weighted by Crippen LogP contribution is -2.40. The molecule has 4 N–H and O–H groups in total. The van der Waals surface area contributed by atoms with Gasteiger partial charge in [0.05, 0.1) is 22.8 Å². The number of amides is 2. The van der Waals surface area contributed by atoms with Crippen LogP contribution in [0.25, 0.3) is 11.0 Å². The average Bonchev–Trinajstić information content (AvgIpc) is 3.42. The molecular weight excluding hydrogens is 431 g/mol. The summed E-state index contributed by atoms with van der Waals surface area (Å²) in [6.45, 7) is 0. The molecule has 2 atom stereocenters. The number of fused-ring (bicyclic) bond motifs is 1. The zero-order valence-electron chi connectivity index (χ0n) is 17.4. The van der Waals surface area contributed by atoms with E-state index in [1.54, 1.807) is 11.8 Å². The topological polar surface area (TPSA) is 116 Å². The van der Waals surface area contributed by atoms with Crippen LogP contribution >= 0.6 is 11.8 Å². The van der Waals surface area contributed by atoms with E-state index in [0.717, 1.165) is 16.8 Å². The minimum absolute atomic E-state index is 0.0634. The number of aromatic nitrogens is 2. The first-order valence-electron chi connectivity index (χ1n) is 10.1. The summed E-state index contributed by atoms with van der Waals surface area (Å²) in [6.07, 6.45) is 2.73. The van der Waals surface area contributed by atoms with Crippen molar-refractivity contribution < 1.29 is 14.0 Å². The maximum atomic E-state index is 13.3. The number of benzene rings is 2. The molecule has 1 aliphatic heterocycles. The Morgan fingerprint density at radius 1 is 1.28 bits per heavy atom. The summed E-state index contributed by atoms with van der Waals surface area (Å²) >= 11 is 1.67. The molecular formula is C22H23FN6O2S. The highest BCUT2D eigenvalue weighted by atomic mass is 32.2. The molecule has 2 heterocycles. The minimum atomic E-state index is -0.822. The first-order chi connectivity index (χ1) is 15.5. The number of nitrogens with zero attached hydrogens (tertiary/aromatic N) is 3. The van der Waals surface area contributed by atoms with Gasteiger partial charge in [0.1, 0.15) is 23.4 Å². The van der Waals surface area contributed by atoms with E-state index in [1.165, 1.54) is 29.3 Å². The summed E-state index contributed by atoms with van der Waals surface area (Å²) in [5, 5.41) is 8.71. The van der Waals surface area contributed by atoms with E-state index in [1.807, 2.05) is 30.5 Å². The quantitative estimate of drug-likeness (QED) is 0.484. The van der Waals surface area contributed by atoms with E-state index in [-0.39, 0.29) is 18.2 Å². The van der Waals surface area contributed by atoms with Gasteiger partial charge in [-0.25, -0.2) is 9.37 Å². The van der Waals surface area contributed by atoms with Gasteiger partial charge in [-0.2, -0.15) is 16.9 Å². The predicted octanol–water partition coefficient (Wildman–Crippen LogP) is 2.73. The number of hydrogen-bond donors (Lipinski definition) is 3. The molecule has 10 heteroatoms. The summed E-state index contributed by atoms with van der Waals surface area (Å²) in [7, 11) is 0. The highest BCUT2D eigenvalue weighted by Gasteiger charge is 2.35. The maximum absolute atomic E-state index is 13.3. The van der Waals surface area contributed by atoms with Gasteiger partial charge in [-0.05, 0) is 54.8 Å². The number of primary amides is 1. The van der Waals surface area contributed by atoms with E-state index < -0.39 is 23.7 Å². The molecule has 0 fully saturated rings. The molecule has 0 saturated carbocycles. The highest BCUT2D eigenvalue weighted by Crippen LogP contribution is 2.26. The molecule has 4 rings (SSSR count). The number of H-pyrrole nitrogens is 1. The van der Waals surface area contributed by atoms with Crippen molar-refractivity contribution in [2.45, 2.75) is 24.9 Å². The number of thioether (sulfide) groups is 1. The fourth-order valence-corrected chi connectivity index (χ4v) is 4.06. The standard InChI is InChI=1S/C22H23FN6O2S/c1-32-11-10-17(21-25-15-4-2-3-5-16(15)26-21)27-22(31)18-12-19(20(24)30)29(28-18)14-8-6-13(23)7-9-14/h2-9,17,19H,10-12H2,1H3,(H2,24,30)(H,25,26)(H,27,31)/t17-,19+/m0/s1. The first kappa shape index (κ1) is 21.8. The fourth-order valence-electron chi connectivity index (χ4n) is 3.59. The van der Waals surface area contributed by atoms with Gasteiger partial charge in [0, 0.05) is 6.42 Å². The summed E-state index contributed by atoms with van der Waals surface area (Å²) < 4.78 is 13.3. The number of carbonyl (C=O) groups is 2. The van der Waals surface area contributed by atoms with E-state index in [2.05, 4.69) is 20.4 Å². The molecule has 0 radical (unpaired) electrons. The van der Waals surface area contributed by atoms with Crippen molar-refractivity contribution in [1.82, 2.24) is 15.3 Å². The molecule has 2 amide bonds. The van der Waals surface area contributed by atoms with Crippen LogP contribution in [0.5, 0.6) is 0 Å². The maximum Gasteiger partial charge on any atom is 0.268 e. The largest absolute Gasteiger partial charge is 0.368 e. The zero-order valence-corrected chi connectivity index (χ0v) is 18.2. The van der Waals surface area contributed by atoms with E-state index in [9.17, 15) is 14.0 Å². The summed E-state index contributed by atoms with van der Waals surface area (Å²) in [4.78, 5) is 33.0. The normalized spacial score (nSPS) is 16.8. The van der Waals surface area contributed by atoms with Crippen LogP contribution in [0, 0.1) is 5.82 Å². The number of imidazole rings is 1. The molecule has 0 bridgehead atoms. The molecule has 1 aliphatic rings. The third-order valence-electron chi connectivity index (χ3n) is 5.25. The summed E-state index contributed by atoms with van der Waals surface area (Å²) in [6, 6.07) is 12.0. The van der Waals surface area contributed by atoms with Crippen LogP contribution in [0.15, 0.2) is 53.6 Å². The van der Waals surface area contributed by atoms with Gasteiger partial charge < -0.3 is 16.0 Å². The Morgan fingerprint density at radius 3 is 2.72 bits per heavy atom. The lowest BCUT2D eigenvalue weighted by molar-refractivity contribution is -0.119. The van der Waals surface area contributed by atoms with E-state index in [0.29, 0.717) is 17.9 Å². The number of para-hydroxylation sites is 2. The zero-order chi connectivity index (χ0) is 22.7. The van der Waals surface area contributed by atoms with Crippen LogP contribution in [0.2, 0.25) is 0 Å². The average molecular weight is 455 g/mol. The van der Waals surface area contributed by atoms with Crippen LogP contribution in [-0.2, 0) is 9.59 Å². The van der Waals surface area contributed by atoms with Crippen molar-refractivity contribution in [3.63, 3.8) is 0 Å². The molecule has 32 heavy (non-hydrogen) atoms. The van der Waals surface area contributed by atoms with Gasteiger partial charge in [0.25, 0.3) is 5.91 Å². The van der Waals surface area contributed by atoms with Crippen LogP contribution in [0.3, 0.4) is 0 Å². The van der Waals surface area contributed by atoms with E-state index in [4.69, 9.17) is 5.73 Å². The third-order valence-corrected chi connectivity index (χ3v) is 5.89. The van der Waals surface area contributed by atoms with Crippen molar-refractivity contribution in [2.75, 3.05) is 17.0 Å². The van der Waals surface area contributed by atoms with Crippen LogP contribution in [0.1, 0.15) is 24.7 Å². The molecule has 0 spiro atoms. The second-order valence-electron chi connectivity index (χ2n) is 7.44. The Kier molecular flexibility index (Phi) is 6.40. The van der Waals surface area contributed by atoms with Crippen molar-refractivity contribution in [1.29, 1.82) is 0 Å². The number of hydrazone groups is 1. The number of anilines is 1. The van der Waals surface area contributed by atoms with Gasteiger partial charge in [0.15, 0.2) is 0 Å². The number of rotatable bonds is 8. The van der Waals surface area contributed by atoms with Gasteiger partial charge in [-0.1, -0.05) is 12.1 Å². The second-order valence-corrected chi connectivity index (χ2v) is 8.42. The number of aromatic amines is 1. The van der Waals surface area contributed by atoms with Crippen molar-refractivity contribution >= 4 is 46.0 Å². The van der Waals surface area contributed by atoms with Crippen LogP contribution < -0.4 is 16.1 Å². The van der Waals surface area contributed by atoms with Gasteiger partial charge in [-0.15, -0.1) is 0 Å². The van der Waals surface area contributed by atoms with Crippen LogP contribution in [0.4, 0.5) is 10.1 Å². The second kappa shape index (κ2) is 9.39. The van der Waals surface area contributed by atoms with Crippen LogP contribution in [-0.4, -0.2) is 45.5 Å². The first-order valence-corrected chi connectivity index (χ1v) is 11.5. The van der Waals surface area contributed by atoms with Gasteiger partial charge >= 0.3 is 0 Å². The smallest absolute Gasteiger partial charge is 0.268 e. The van der Waals surface area contributed by atoms with Gasteiger partial charge in [0.2, 0.25) is 5.91 Å². The van der Waals surface area contributed by atoms with E-state index >= 15 is 0 Å². The number of hydrogen-bond acceptors (Lipinski definition) is 6. The molecule has 3 aromatic rings. The number of carbonyl (C=O) groups excluding carboxylic acids is 2. The fraction of sp³-hybridized carbons (Fsp3) is 0.273. The highest BCUT2D eigenvalue weighted by molar-refractivity contribution is 7.98. The Hall–Kier alpha value is -3.40. The molecule has 8 nitrogen and oxygen atoms in total. The molecule has 2 aromatic carbocycles. The van der Waals surface area contributed by atoms with Crippen molar-refractivity contribution in [2.24, 2.45) is 10.8 Å². The SMILES string of the molecule is CSCC[C@H](NC(=O)C1=NN(c2ccc(F)cc2)[C@@H](C(N)=O)C1)c1nc2ccccc2[nH]1. The molecule has 1 aromatic heterocycles. The Balaban J connectivity index is 1.57. The third kappa shape index (κ3) is 4.59.